The number of hydrogen-bond acceptors (Lipinski definition) is 5. The number of anilines is 1. The Bertz CT molecular complexity index is 1440. The Kier molecular flexibility index (Phi) is 10.6. The molecule has 8 nitrogen and oxygen atoms in total. The van der Waals surface area contributed by atoms with Crippen LogP contribution in [0, 0.1) is 13.8 Å². The van der Waals surface area contributed by atoms with Crippen molar-refractivity contribution >= 4 is 39.1 Å². The molecule has 0 saturated heterocycles. The number of halogens is 1. The molecule has 3 aromatic rings. The second-order valence-electron chi connectivity index (χ2n) is 9.62. The first kappa shape index (κ1) is 31.0. The number of ether oxygens (including phenoxy) is 1. The predicted molar refractivity (Wildman–Crippen MR) is 158 cm³/mol. The third-order valence-electron chi connectivity index (χ3n) is 6.46. The standard InChI is InChI=1S/C30H36ClN3O5S/c1-6-16-32-30(36)23(4)33(19-24-9-7-8-22(3)17-24)29(35)20-34(25-12-15-28(39-5)27(31)18-25)40(37,38)26-13-10-21(2)11-14-26/h7-15,17-18,23H,6,16,19-20H2,1-5H3,(H,32,36)/t23-/m1/s1. The van der Waals surface area contributed by atoms with E-state index in [4.69, 9.17) is 16.3 Å². The Morgan fingerprint density at radius 3 is 2.30 bits per heavy atom. The third kappa shape index (κ3) is 7.55. The van der Waals surface area contributed by atoms with Crippen LogP contribution in [0.4, 0.5) is 5.69 Å². The van der Waals surface area contributed by atoms with Crippen molar-refractivity contribution in [3.63, 3.8) is 0 Å². The number of rotatable bonds is 12. The van der Waals surface area contributed by atoms with Crippen LogP contribution in [0.15, 0.2) is 71.6 Å². The fourth-order valence-corrected chi connectivity index (χ4v) is 5.82. The minimum Gasteiger partial charge on any atom is -0.495 e. The summed E-state index contributed by atoms with van der Waals surface area (Å²) < 4.78 is 34.1. The number of methoxy groups -OCH3 is 1. The minimum absolute atomic E-state index is 0.0248. The lowest BCUT2D eigenvalue weighted by Gasteiger charge is -2.32. The van der Waals surface area contributed by atoms with Gasteiger partial charge in [-0.25, -0.2) is 8.42 Å². The van der Waals surface area contributed by atoms with Crippen LogP contribution in [0.2, 0.25) is 5.02 Å². The van der Waals surface area contributed by atoms with E-state index in [9.17, 15) is 18.0 Å². The summed E-state index contributed by atoms with van der Waals surface area (Å²) in [7, 11) is -2.73. The molecule has 0 spiro atoms. The van der Waals surface area contributed by atoms with Crippen LogP contribution < -0.4 is 14.4 Å². The second-order valence-corrected chi connectivity index (χ2v) is 11.9. The first-order valence-electron chi connectivity index (χ1n) is 13.0. The van der Waals surface area contributed by atoms with E-state index in [1.165, 1.54) is 36.3 Å². The largest absolute Gasteiger partial charge is 0.495 e. The molecule has 1 atom stereocenters. The number of carbonyl (C=O) groups excluding carboxylic acids is 2. The van der Waals surface area contributed by atoms with Gasteiger partial charge in [0.25, 0.3) is 10.0 Å². The van der Waals surface area contributed by atoms with E-state index in [0.717, 1.165) is 27.4 Å². The van der Waals surface area contributed by atoms with E-state index in [2.05, 4.69) is 5.32 Å². The van der Waals surface area contributed by atoms with Gasteiger partial charge in [-0.1, -0.05) is 66.0 Å². The lowest BCUT2D eigenvalue weighted by molar-refractivity contribution is -0.139. The molecule has 40 heavy (non-hydrogen) atoms. The first-order chi connectivity index (χ1) is 19.0. The van der Waals surface area contributed by atoms with Crippen molar-refractivity contribution in [1.82, 2.24) is 10.2 Å². The highest BCUT2D eigenvalue weighted by atomic mass is 35.5. The number of amides is 2. The van der Waals surface area contributed by atoms with E-state index in [1.807, 2.05) is 45.0 Å². The van der Waals surface area contributed by atoms with Crippen LogP contribution in [0.3, 0.4) is 0 Å². The summed E-state index contributed by atoms with van der Waals surface area (Å²) in [6, 6.07) is 17.7. The van der Waals surface area contributed by atoms with E-state index < -0.39 is 28.5 Å². The molecule has 10 heteroatoms. The van der Waals surface area contributed by atoms with Crippen molar-refractivity contribution < 1.29 is 22.7 Å². The summed E-state index contributed by atoms with van der Waals surface area (Å²) in [6.07, 6.45) is 0.741. The van der Waals surface area contributed by atoms with Gasteiger partial charge in [0.1, 0.15) is 18.3 Å². The average molecular weight is 586 g/mol. The van der Waals surface area contributed by atoms with Gasteiger partial charge in [0.15, 0.2) is 0 Å². The molecule has 0 aliphatic carbocycles. The molecule has 0 fully saturated rings. The van der Waals surface area contributed by atoms with Gasteiger partial charge in [0.2, 0.25) is 11.8 Å². The minimum atomic E-state index is -4.19. The summed E-state index contributed by atoms with van der Waals surface area (Å²) >= 11 is 6.36. The van der Waals surface area contributed by atoms with Crippen LogP contribution in [-0.2, 0) is 26.2 Å². The van der Waals surface area contributed by atoms with Gasteiger partial charge in [-0.15, -0.1) is 0 Å². The smallest absolute Gasteiger partial charge is 0.264 e. The SMILES string of the molecule is CCCNC(=O)[C@@H](C)N(Cc1cccc(C)c1)C(=O)CN(c1ccc(OC)c(Cl)c1)S(=O)(=O)c1ccc(C)cc1. The fraction of sp³-hybridized carbons (Fsp3) is 0.333. The first-order valence-corrected chi connectivity index (χ1v) is 14.9. The third-order valence-corrected chi connectivity index (χ3v) is 8.55. The van der Waals surface area contributed by atoms with Crippen LogP contribution in [0.25, 0.3) is 0 Å². The number of hydrogen-bond donors (Lipinski definition) is 1. The number of carbonyl (C=O) groups is 2. The van der Waals surface area contributed by atoms with Crippen LogP contribution >= 0.6 is 11.6 Å². The summed E-state index contributed by atoms with van der Waals surface area (Å²) in [5, 5.41) is 3.03. The molecule has 3 aromatic carbocycles. The highest BCUT2D eigenvalue weighted by molar-refractivity contribution is 7.92. The van der Waals surface area contributed by atoms with Crippen LogP contribution in [-0.4, -0.2) is 51.4 Å². The van der Waals surface area contributed by atoms with Gasteiger partial charge >= 0.3 is 0 Å². The van der Waals surface area contributed by atoms with Gasteiger partial charge in [-0.2, -0.15) is 0 Å². The number of sulfonamides is 1. The summed E-state index contributed by atoms with van der Waals surface area (Å²) in [5.41, 5.74) is 2.91. The molecule has 0 aliphatic rings. The summed E-state index contributed by atoms with van der Waals surface area (Å²) in [6.45, 7) is 7.43. The molecule has 0 radical (unpaired) electrons. The van der Waals surface area contributed by atoms with Gasteiger partial charge in [-0.3, -0.25) is 13.9 Å². The van der Waals surface area contributed by atoms with Gasteiger partial charge < -0.3 is 15.0 Å². The zero-order valence-corrected chi connectivity index (χ0v) is 25.1. The molecule has 0 heterocycles. The molecule has 0 aliphatic heterocycles. The van der Waals surface area contributed by atoms with E-state index >= 15 is 0 Å². The van der Waals surface area contributed by atoms with Crippen molar-refractivity contribution in [1.29, 1.82) is 0 Å². The van der Waals surface area contributed by atoms with Gasteiger partial charge in [0, 0.05) is 13.1 Å². The molecule has 0 aromatic heterocycles. The summed E-state index contributed by atoms with van der Waals surface area (Å²) in [4.78, 5) is 28.3. The molecular weight excluding hydrogens is 550 g/mol. The maximum absolute atomic E-state index is 14.0. The monoisotopic (exact) mass is 585 g/mol. The molecule has 214 valence electrons. The molecule has 0 bridgehead atoms. The van der Waals surface area contributed by atoms with Crippen molar-refractivity contribution in [2.24, 2.45) is 0 Å². The maximum atomic E-state index is 14.0. The van der Waals surface area contributed by atoms with E-state index in [-0.39, 0.29) is 28.1 Å². The predicted octanol–water partition coefficient (Wildman–Crippen LogP) is 5.10. The Balaban J connectivity index is 2.06. The van der Waals surface area contributed by atoms with Crippen molar-refractivity contribution in [3.8, 4) is 5.75 Å². The van der Waals surface area contributed by atoms with E-state index in [0.29, 0.717) is 12.3 Å². The maximum Gasteiger partial charge on any atom is 0.264 e. The average Bonchev–Trinajstić information content (AvgIpc) is 2.93. The molecule has 3 rings (SSSR count). The Labute approximate surface area is 241 Å². The lowest BCUT2D eigenvalue weighted by atomic mass is 10.1. The van der Waals surface area contributed by atoms with Gasteiger partial charge in [0.05, 0.1) is 22.7 Å². The summed E-state index contributed by atoms with van der Waals surface area (Å²) in [5.74, 6) is -0.488. The van der Waals surface area contributed by atoms with Crippen molar-refractivity contribution in [2.75, 3.05) is 24.5 Å². The number of nitrogens with one attached hydrogen (secondary N) is 1. The fourth-order valence-electron chi connectivity index (χ4n) is 4.16. The number of aryl methyl sites for hydroxylation is 2. The zero-order chi connectivity index (χ0) is 29.4. The van der Waals surface area contributed by atoms with Crippen molar-refractivity contribution in [2.45, 2.75) is 51.6 Å². The zero-order valence-electron chi connectivity index (χ0n) is 23.5. The second kappa shape index (κ2) is 13.7. The highest BCUT2D eigenvalue weighted by Gasteiger charge is 2.32. The molecule has 0 saturated carbocycles. The van der Waals surface area contributed by atoms with Crippen LogP contribution in [0.1, 0.15) is 37.0 Å². The molecule has 1 N–H and O–H groups in total. The van der Waals surface area contributed by atoms with Crippen LogP contribution in [0.5, 0.6) is 5.75 Å². The van der Waals surface area contributed by atoms with E-state index in [1.54, 1.807) is 25.1 Å². The molecule has 0 unspecified atom stereocenters. The topological polar surface area (TPSA) is 96.0 Å². The lowest BCUT2D eigenvalue weighted by Crippen LogP contribution is -2.51. The quantitative estimate of drug-likeness (QED) is 0.319. The number of nitrogens with zero attached hydrogens (tertiary/aromatic N) is 2. The van der Waals surface area contributed by atoms with Gasteiger partial charge in [-0.05, 0) is 63.1 Å². The van der Waals surface area contributed by atoms with Crippen molar-refractivity contribution in [3.05, 3.63) is 88.4 Å². The Morgan fingerprint density at radius 1 is 1.00 bits per heavy atom. The normalized spacial score (nSPS) is 11.9. The molecule has 2 amide bonds. The Hall–Kier alpha value is -3.56. The highest BCUT2D eigenvalue weighted by Crippen LogP contribution is 2.32. The number of benzene rings is 3. The Morgan fingerprint density at radius 2 is 1.70 bits per heavy atom. The molecular formula is C30H36ClN3O5S.